The van der Waals surface area contributed by atoms with Gasteiger partial charge in [0.15, 0.2) is 11.5 Å². The number of carbonyl (C=O) groups excluding carboxylic acids is 1. The van der Waals surface area contributed by atoms with Gasteiger partial charge in [-0.05, 0) is 39.0 Å². The molecule has 0 aromatic heterocycles. The fraction of sp³-hybridized carbons (Fsp3) is 0.562. The van der Waals surface area contributed by atoms with Crippen molar-refractivity contribution in [3.63, 3.8) is 0 Å². The lowest BCUT2D eigenvalue weighted by molar-refractivity contribution is 0.0655. The van der Waals surface area contributed by atoms with Gasteiger partial charge in [0.05, 0.1) is 13.2 Å². The maximum Gasteiger partial charge on any atom is 0.254 e. The molecule has 0 bridgehead atoms. The fourth-order valence-electron chi connectivity index (χ4n) is 2.49. The van der Waals surface area contributed by atoms with Crippen molar-refractivity contribution >= 4 is 18.3 Å². The Labute approximate surface area is 138 Å². The number of nitrogens with zero attached hydrogens (tertiary/aromatic N) is 1. The van der Waals surface area contributed by atoms with Gasteiger partial charge in [-0.15, -0.1) is 12.4 Å². The van der Waals surface area contributed by atoms with Crippen LogP contribution in [0.5, 0.6) is 11.5 Å². The zero-order chi connectivity index (χ0) is 15.2. The lowest BCUT2D eigenvalue weighted by Crippen LogP contribution is -2.52. The molecule has 0 aliphatic carbocycles. The highest BCUT2D eigenvalue weighted by atomic mass is 35.5. The number of piperazine rings is 1. The van der Waals surface area contributed by atoms with Crippen LogP contribution in [0.3, 0.4) is 0 Å². The SMILES string of the molecule is CCOc1ccc(C(=O)N2CCNC[C@@H]2C)cc1OCC.Cl. The van der Waals surface area contributed by atoms with E-state index in [-0.39, 0.29) is 24.4 Å². The van der Waals surface area contributed by atoms with Gasteiger partial charge in [0.1, 0.15) is 0 Å². The molecule has 6 heteroatoms. The summed E-state index contributed by atoms with van der Waals surface area (Å²) in [5.41, 5.74) is 0.649. The summed E-state index contributed by atoms with van der Waals surface area (Å²) in [6, 6.07) is 5.61. The smallest absolute Gasteiger partial charge is 0.254 e. The number of carbonyl (C=O) groups is 1. The molecule has 1 aliphatic heterocycles. The van der Waals surface area contributed by atoms with E-state index >= 15 is 0 Å². The third-order valence-corrected chi connectivity index (χ3v) is 3.55. The number of nitrogens with one attached hydrogen (secondary N) is 1. The topological polar surface area (TPSA) is 50.8 Å². The van der Waals surface area contributed by atoms with E-state index in [1.165, 1.54) is 0 Å². The van der Waals surface area contributed by atoms with E-state index in [1.54, 1.807) is 6.07 Å². The summed E-state index contributed by atoms with van der Waals surface area (Å²) in [6.07, 6.45) is 0. The van der Waals surface area contributed by atoms with Crippen LogP contribution in [0.25, 0.3) is 0 Å². The second-order valence-electron chi connectivity index (χ2n) is 5.08. The third-order valence-electron chi connectivity index (χ3n) is 3.55. The second kappa shape index (κ2) is 8.86. The molecular weight excluding hydrogens is 304 g/mol. The molecule has 22 heavy (non-hydrogen) atoms. The molecule has 5 nitrogen and oxygen atoms in total. The minimum absolute atomic E-state index is 0. The summed E-state index contributed by atoms with van der Waals surface area (Å²) in [6.45, 7) is 9.43. The van der Waals surface area contributed by atoms with Gasteiger partial charge in [0.25, 0.3) is 5.91 Å². The molecule has 2 rings (SSSR count). The zero-order valence-electron chi connectivity index (χ0n) is 13.4. The largest absolute Gasteiger partial charge is 0.490 e. The molecule has 1 heterocycles. The van der Waals surface area contributed by atoms with Gasteiger partial charge in [0.2, 0.25) is 0 Å². The van der Waals surface area contributed by atoms with Crippen molar-refractivity contribution in [3.05, 3.63) is 23.8 Å². The van der Waals surface area contributed by atoms with E-state index in [0.29, 0.717) is 30.3 Å². The number of halogens is 1. The van der Waals surface area contributed by atoms with Gasteiger partial charge in [-0.2, -0.15) is 0 Å². The molecule has 1 saturated heterocycles. The first kappa shape index (κ1) is 18.6. The zero-order valence-corrected chi connectivity index (χ0v) is 14.2. The first-order valence-electron chi connectivity index (χ1n) is 7.58. The average Bonchev–Trinajstić information content (AvgIpc) is 2.49. The van der Waals surface area contributed by atoms with Gasteiger partial charge in [-0.3, -0.25) is 4.79 Å². The van der Waals surface area contributed by atoms with Gasteiger partial charge >= 0.3 is 0 Å². The first-order valence-corrected chi connectivity index (χ1v) is 7.58. The quantitative estimate of drug-likeness (QED) is 0.901. The van der Waals surface area contributed by atoms with Crippen LogP contribution < -0.4 is 14.8 Å². The van der Waals surface area contributed by atoms with Crippen LogP contribution in [0.1, 0.15) is 31.1 Å². The van der Waals surface area contributed by atoms with Gasteiger partial charge in [-0.25, -0.2) is 0 Å². The molecule has 1 aliphatic rings. The molecular formula is C16H25ClN2O3. The predicted molar refractivity (Wildman–Crippen MR) is 89.4 cm³/mol. The molecule has 0 spiro atoms. The number of hydrogen-bond donors (Lipinski definition) is 1. The Morgan fingerprint density at radius 3 is 2.59 bits per heavy atom. The van der Waals surface area contributed by atoms with Gasteiger partial charge in [0, 0.05) is 31.2 Å². The summed E-state index contributed by atoms with van der Waals surface area (Å²) >= 11 is 0. The second-order valence-corrected chi connectivity index (χ2v) is 5.08. The number of amides is 1. The molecule has 1 aromatic carbocycles. The van der Waals surface area contributed by atoms with Crippen LogP contribution in [0, 0.1) is 0 Å². The van der Waals surface area contributed by atoms with Crippen molar-refractivity contribution in [1.29, 1.82) is 0 Å². The number of benzene rings is 1. The third kappa shape index (κ3) is 4.27. The summed E-state index contributed by atoms with van der Waals surface area (Å²) < 4.78 is 11.1. The van der Waals surface area contributed by atoms with Crippen molar-refractivity contribution < 1.29 is 14.3 Å². The molecule has 1 atom stereocenters. The minimum Gasteiger partial charge on any atom is -0.490 e. The molecule has 0 saturated carbocycles. The molecule has 124 valence electrons. The highest BCUT2D eigenvalue weighted by molar-refractivity contribution is 5.95. The van der Waals surface area contributed by atoms with Gasteiger partial charge in [-0.1, -0.05) is 0 Å². The van der Waals surface area contributed by atoms with Crippen molar-refractivity contribution in [3.8, 4) is 11.5 Å². The summed E-state index contributed by atoms with van der Waals surface area (Å²) in [5.74, 6) is 1.37. The van der Waals surface area contributed by atoms with E-state index in [4.69, 9.17) is 9.47 Å². The van der Waals surface area contributed by atoms with E-state index in [9.17, 15) is 4.79 Å². The van der Waals surface area contributed by atoms with Gasteiger partial charge < -0.3 is 19.7 Å². The van der Waals surface area contributed by atoms with E-state index in [1.807, 2.05) is 30.9 Å². The monoisotopic (exact) mass is 328 g/mol. The van der Waals surface area contributed by atoms with Crippen LogP contribution in [0.2, 0.25) is 0 Å². The summed E-state index contributed by atoms with van der Waals surface area (Å²) in [4.78, 5) is 14.5. The van der Waals surface area contributed by atoms with Crippen molar-refractivity contribution in [2.45, 2.75) is 26.8 Å². The normalized spacial score (nSPS) is 17.6. The molecule has 1 fully saturated rings. The Morgan fingerprint density at radius 1 is 1.27 bits per heavy atom. The van der Waals surface area contributed by atoms with Crippen LogP contribution in [-0.2, 0) is 0 Å². The standard InChI is InChI=1S/C16H24N2O3.ClH/c1-4-20-14-7-6-13(10-15(14)21-5-2)16(19)18-9-8-17-11-12(18)3;/h6-7,10,12,17H,4-5,8-9,11H2,1-3H3;1H/t12-;/m0./s1. The molecule has 0 radical (unpaired) electrons. The fourth-order valence-corrected chi connectivity index (χ4v) is 2.49. The summed E-state index contributed by atoms with van der Waals surface area (Å²) in [5, 5.41) is 3.29. The number of hydrogen-bond acceptors (Lipinski definition) is 4. The lowest BCUT2D eigenvalue weighted by atomic mass is 10.1. The Balaban J connectivity index is 0.00000242. The van der Waals surface area contributed by atoms with E-state index in [0.717, 1.165) is 19.6 Å². The number of rotatable bonds is 5. The maximum absolute atomic E-state index is 12.6. The van der Waals surface area contributed by atoms with E-state index in [2.05, 4.69) is 12.2 Å². The molecule has 1 N–H and O–H groups in total. The van der Waals surface area contributed by atoms with Crippen molar-refractivity contribution in [1.82, 2.24) is 10.2 Å². The van der Waals surface area contributed by atoms with E-state index < -0.39 is 0 Å². The predicted octanol–water partition coefficient (Wildman–Crippen LogP) is 2.34. The molecule has 1 amide bonds. The highest BCUT2D eigenvalue weighted by Gasteiger charge is 2.24. The van der Waals surface area contributed by atoms with Crippen LogP contribution in [0.15, 0.2) is 18.2 Å². The highest BCUT2D eigenvalue weighted by Crippen LogP contribution is 2.29. The van der Waals surface area contributed by atoms with Crippen LogP contribution in [-0.4, -0.2) is 49.7 Å². The average molecular weight is 329 g/mol. The Bertz CT molecular complexity index is 496. The minimum atomic E-state index is 0. The van der Waals surface area contributed by atoms with Crippen LogP contribution in [0.4, 0.5) is 0 Å². The lowest BCUT2D eigenvalue weighted by Gasteiger charge is -2.34. The molecule has 0 unspecified atom stereocenters. The van der Waals surface area contributed by atoms with Crippen molar-refractivity contribution in [2.24, 2.45) is 0 Å². The Hall–Kier alpha value is -1.46. The molecule has 1 aromatic rings. The number of ether oxygens (including phenoxy) is 2. The Morgan fingerprint density at radius 2 is 1.95 bits per heavy atom. The van der Waals surface area contributed by atoms with Crippen molar-refractivity contribution in [2.75, 3.05) is 32.8 Å². The Kier molecular flexibility index (Phi) is 7.48. The first-order chi connectivity index (χ1) is 10.2. The van der Waals surface area contributed by atoms with Crippen LogP contribution >= 0.6 is 12.4 Å². The maximum atomic E-state index is 12.6. The summed E-state index contributed by atoms with van der Waals surface area (Å²) in [7, 11) is 0.